The lowest BCUT2D eigenvalue weighted by molar-refractivity contribution is 0.359. The van der Waals surface area contributed by atoms with Crippen LogP contribution in [0.1, 0.15) is 38.2 Å². The van der Waals surface area contributed by atoms with E-state index < -0.39 is 0 Å². The van der Waals surface area contributed by atoms with E-state index in [0.717, 1.165) is 23.1 Å². The second-order valence-corrected chi connectivity index (χ2v) is 6.79. The highest BCUT2D eigenvalue weighted by Gasteiger charge is 2.04. The van der Waals surface area contributed by atoms with Gasteiger partial charge in [-0.15, -0.1) is 0 Å². The first kappa shape index (κ1) is 20.3. The minimum Gasteiger partial charge on any atom is -0.486 e. The number of allylic oxidation sites excluding steroid dienone is 1. The van der Waals surface area contributed by atoms with Crippen molar-refractivity contribution in [1.82, 2.24) is 9.97 Å². The first-order chi connectivity index (χ1) is 14.3. The summed E-state index contributed by atoms with van der Waals surface area (Å²) in [7, 11) is 0. The van der Waals surface area contributed by atoms with Crippen LogP contribution in [0, 0.1) is 11.3 Å². The van der Waals surface area contributed by atoms with Crippen molar-refractivity contribution in [2.75, 3.05) is 6.61 Å². The molecule has 0 spiro atoms. The van der Waals surface area contributed by atoms with Gasteiger partial charge in [-0.2, -0.15) is 5.26 Å². The average Bonchev–Trinajstić information content (AvgIpc) is 2.79. The molecule has 0 amide bonds. The second kappa shape index (κ2) is 10.8. The van der Waals surface area contributed by atoms with Gasteiger partial charge in [0.15, 0.2) is 11.6 Å². The van der Waals surface area contributed by atoms with Gasteiger partial charge in [-0.1, -0.05) is 68.3 Å². The zero-order valence-electron chi connectivity index (χ0n) is 16.7. The van der Waals surface area contributed by atoms with E-state index in [4.69, 9.17) is 10.00 Å². The Morgan fingerprint density at radius 2 is 1.48 bits per heavy atom. The first-order valence-electron chi connectivity index (χ1n) is 10.0. The fourth-order valence-electron chi connectivity index (χ4n) is 2.93. The number of nitrogens with zero attached hydrogens (tertiary/aromatic N) is 3. The highest BCUT2D eigenvalue weighted by Crippen LogP contribution is 2.24. The molecule has 0 bridgehead atoms. The van der Waals surface area contributed by atoms with Gasteiger partial charge in [-0.05, 0) is 36.1 Å². The van der Waals surface area contributed by atoms with Crippen molar-refractivity contribution in [2.24, 2.45) is 0 Å². The maximum Gasteiger partial charge on any atom is 0.159 e. The maximum absolute atomic E-state index is 8.90. The molecule has 0 radical (unpaired) electrons. The molecule has 0 aliphatic heterocycles. The van der Waals surface area contributed by atoms with E-state index in [1.54, 1.807) is 12.4 Å². The zero-order valence-corrected chi connectivity index (χ0v) is 16.7. The summed E-state index contributed by atoms with van der Waals surface area (Å²) in [6.45, 7) is 2.74. The maximum atomic E-state index is 8.90. The van der Waals surface area contributed by atoms with E-state index in [1.807, 2.05) is 54.6 Å². The standard InChI is InChI=1S/C25H25N3O/c1-2-3-4-5-6-7-16-29-24-18-27-25(28-19-24)23-14-12-22(13-15-23)21-10-8-20(17-26)9-11-21/h6-15,18-19H,2-5,16H2,1H3/b7-6+. The minimum atomic E-state index is 0.536. The summed E-state index contributed by atoms with van der Waals surface area (Å²) in [6, 6.07) is 17.8. The fourth-order valence-corrected chi connectivity index (χ4v) is 2.93. The Morgan fingerprint density at radius 1 is 0.862 bits per heavy atom. The number of rotatable bonds is 9. The van der Waals surface area contributed by atoms with Crippen LogP contribution in [0.25, 0.3) is 22.5 Å². The number of nitriles is 1. The van der Waals surface area contributed by atoms with E-state index >= 15 is 0 Å². The van der Waals surface area contributed by atoms with Gasteiger partial charge in [0, 0.05) is 5.56 Å². The van der Waals surface area contributed by atoms with Crippen molar-refractivity contribution in [3.63, 3.8) is 0 Å². The lowest BCUT2D eigenvalue weighted by Crippen LogP contribution is -1.96. The molecule has 0 saturated heterocycles. The van der Waals surface area contributed by atoms with Crippen LogP contribution in [-0.2, 0) is 0 Å². The van der Waals surface area contributed by atoms with Crippen molar-refractivity contribution in [3.8, 4) is 34.3 Å². The first-order valence-corrected chi connectivity index (χ1v) is 10.0. The lowest BCUT2D eigenvalue weighted by Gasteiger charge is -2.06. The van der Waals surface area contributed by atoms with Gasteiger partial charge in [0.1, 0.15) is 6.61 Å². The van der Waals surface area contributed by atoms with Crippen LogP contribution in [0.4, 0.5) is 0 Å². The summed E-state index contributed by atoms with van der Waals surface area (Å²) in [6.07, 6.45) is 12.5. The van der Waals surface area contributed by atoms with Crippen molar-refractivity contribution in [3.05, 3.63) is 78.6 Å². The molecule has 146 valence electrons. The molecule has 0 fully saturated rings. The smallest absolute Gasteiger partial charge is 0.159 e. The Labute approximate surface area is 172 Å². The molecule has 3 rings (SSSR count). The van der Waals surface area contributed by atoms with Gasteiger partial charge in [0.25, 0.3) is 0 Å². The zero-order chi connectivity index (χ0) is 20.3. The van der Waals surface area contributed by atoms with Crippen LogP contribution in [-0.4, -0.2) is 16.6 Å². The van der Waals surface area contributed by atoms with Crippen LogP contribution in [0.2, 0.25) is 0 Å². The fraction of sp³-hybridized carbons (Fsp3) is 0.240. The predicted octanol–water partition coefficient (Wildman–Crippen LogP) is 6.20. The summed E-state index contributed by atoms with van der Waals surface area (Å²) < 4.78 is 5.66. The van der Waals surface area contributed by atoms with E-state index in [0.29, 0.717) is 23.7 Å². The Kier molecular flexibility index (Phi) is 7.54. The van der Waals surface area contributed by atoms with E-state index in [9.17, 15) is 0 Å². The number of hydrogen-bond acceptors (Lipinski definition) is 4. The SMILES string of the molecule is CCCCC/C=C/COc1cnc(-c2ccc(-c3ccc(C#N)cc3)cc2)nc1. The van der Waals surface area contributed by atoms with Crippen molar-refractivity contribution < 1.29 is 4.74 Å². The minimum absolute atomic E-state index is 0.536. The third kappa shape index (κ3) is 6.02. The Bertz CT molecular complexity index is 953. The normalized spacial score (nSPS) is 10.8. The quantitative estimate of drug-likeness (QED) is 0.326. The third-order valence-corrected chi connectivity index (χ3v) is 4.61. The molecule has 0 atom stereocenters. The molecule has 0 aliphatic carbocycles. The molecular weight excluding hydrogens is 358 g/mol. The average molecular weight is 383 g/mol. The van der Waals surface area contributed by atoms with E-state index in [-0.39, 0.29) is 0 Å². The van der Waals surface area contributed by atoms with Crippen LogP contribution >= 0.6 is 0 Å². The number of ether oxygens (including phenoxy) is 1. The molecule has 1 aromatic heterocycles. The summed E-state index contributed by atoms with van der Waals surface area (Å²) in [5, 5.41) is 8.90. The summed E-state index contributed by atoms with van der Waals surface area (Å²) in [5.74, 6) is 1.33. The number of benzene rings is 2. The molecule has 4 nitrogen and oxygen atoms in total. The van der Waals surface area contributed by atoms with Gasteiger partial charge < -0.3 is 4.74 Å². The van der Waals surface area contributed by atoms with Gasteiger partial charge in [-0.3, -0.25) is 0 Å². The van der Waals surface area contributed by atoms with Gasteiger partial charge >= 0.3 is 0 Å². The monoisotopic (exact) mass is 383 g/mol. The van der Waals surface area contributed by atoms with Crippen LogP contribution in [0.15, 0.2) is 73.1 Å². The van der Waals surface area contributed by atoms with E-state index in [1.165, 1.54) is 19.3 Å². The summed E-state index contributed by atoms with van der Waals surface area (Å²) >= 11 is 0. The molecule has 1 heterocycles. The molecule has 0 saturated carbocycles. The molecule has 29 heavy (non-hydrogen) atoms. The van der Waals surface area contributed by atoms with Crippen molar-refractivity contribution in [1.29, 1.82) is 5.26 Å². The Hall–Kier alpha value is -3.45. The van der Waals surface area contributed by atoms with Crippen LogP contribution in [0.3, 0.4) is 0 Å². The molecular formula is C25H25N3O. The second-order valence-electron chi connectivity index (χ2n) is 6.79. The third-order valence-electron chi connectivity index (χ3n) is 4.61. The van der Waals surface area contributed by atoms with E-state index in [2.05, 4.69) is 29.0 Å². The molecule has 2 aromatic carbocycles. The molecule has 4 heteroatoms. The number of hydrogen-bond donors (Lipinski definition) is 0. The van der Waals surface area contributed by atoms with Crippen molar-refractivity contribution in [2.45, 2.75) is 32.6 Å². The molecule has 0 aliphatic rings. The van der Waals surface area contributed by atoms with Gasteiger partial charge in [-0.25, -0.2) is 9.97 Å². The topological polar surface area (TPSA) is 58.8 Å². The summed E-state index contributed by atoms with van der Waals surface area (Å²) in [4.78, 5) is 8.83. The largest absolute Gasteiger partial charge is 0.486 e. The molecule has 0 unspecified atom stereocenters. The molecule has 0 N–H and O–H groups in total. The Morgan fingerprint density at radius 3 is 2.10 bits per heavy atom. The lowest BCUT2D eigenvalue weighted by atomic mass is 10.0. The summed E-state index contributed by atoms with van der Waals surface area (Å²) in [5.41, 5.74) is 3.77. The van der Waals surface area contributed by atoms with Crippen LogP contribution in [0.5, 0.6) is 5.75 Å². The molecule has 3 aromatic rings. The van der Waals surface area contributed by atoms with Gasteiger partial charge in [0.05, 0.1) is 24.0 Å². The predicted molar refractivity (Wildman–Crippen MR) is 116 cm³/mol. The Balaban J connectivity index is 1.56. The van der Waals surface area contributed by atoms with Gasteiger partial charge in [0.2, 0.25) is 0 Å². The number of unbranched alkanes of at least 4 members (excludes halogenated alkanes) is 3. The van der Waals surface area contributed by atoms with Crippen LogP contribution < -0.4 is 4.74 Å². The highest BCUT2D eigenvalue weighted by atomic mass is 16.5. The number of aromatic nitrogens is 2. The van der Waals surface area contributed by atoms with Crippen molar-refractivity contribution >= 4 is 0 Å². The highest BCUT2D eigenvalue weighted by molar-refractivity contribution is 5.68.